The van der Waals surface area contributed by atoms with Crippen LogP contribution in [-0.2, 0) is 25.2 Å². The molecule has 8 aromatic rings. The van der Waals surface area contributed by atoms with Crippen LogP contribution in [0, 0.1) is 0 Å². The molecule has 0 aliphatic heterocycles. The Morgan fingerprint density at radius 2 is 1.07 bits per heavy atom. The summed E-state index contributed by atoms with van der Waals surface area (Å²) in [5.41, 5.74) is 5.11. The third-order valence-corrected chi connectivity index (χ3v) is 11.8. The maximum absolute atomic E-state index is 14.3. The zero-order chi connectivity index (χ0) is 40.6. The molecule has 1 amide bonds. The van der Waals surface area contributed by atoms with E-state index in [4.69, 9.17) is 9.97 Å². The monoisotopic (exact) mass is 823 g/mol. The van der Waals surface area contributed by atoms with Crippen LogP contribution in [0.15, 0.2) is 133 Å². The molecule has 292 valence electrons. The first-order valence-corrected chi connectivity index (χ1v) is 19.7. The van der Waals surface area contributed by atoms with Crippen LogP contribution in [0.1, 0.15) is 42.6 Å². The summed E-state index contributed by atoms with van der Waals surface area (Å²) < 4.78 is 81.8. The molecule has 1 N–H and O–H groups in total. The maximum atomic E-state index is 14.3. The van der Waals surface area contributed by atoms with E-state index in [9.17, 15) is 36.2 Å². The Morgan fingerprint density at radius 1 is 0.586 bits per heavy atom. The van der Waals surface area contributed by atoms with E-state index in [-0.39, 0.29) is 31.9 Å². The van der Waals surface area contributed by atoms with Crippen molar-refractivity contribution in [3.05, 3.63) is 171 Å². The van der Waals surface area contributed by atoms with Crippen LogP contribution in [0.5, 0.6) is 0 Å². The Bertz CT molecular complexity index is 2790. The van der Waals surface area contributed by atoms with E-state index in [1.807, 2.05) is 60.7 Å². The van der Waals surface area contributed by atoms with Crippen LogP contribution >= 0.6 is 22.7 Å². The quantitative estimate of drug-likeness (QED) is 0.140. The number of aliphatic hydroxyl groups is 1. The molecule has 0 saturated carbocycles. The first kappa shape index (κ1) is 39.0. The van der Waals surface area contributed by atoms with Crippen molar-refractivity contribution >= 4 is 54.7 Å². The van der Waals surface area contributed by atoms with Crippen LogP contribution in [-0.4, -0.2) is 34.1 Å². The Hall–Kier alpha value is -5.89. The average molecular weight is 824 g/mol. The normalized spacial score (nSPS) is 12.1. The second-order valence-electron chi connectivity index (χ2n) is 13.6. The van der Waals surface area contributed by atoms with Crippen LogP contribution in [0.2, 0.25) is 0 Å². The van der Waals surface area contributed by atoms with Crippen molar-refractivity contribution in [1.82, 2.24) is 9.97 Å². The first-order valence-electron chi connectivity index (χ1n) is 18.1. The Kier molecular flexibility index (Phi) is 10.6. The van der Waals surface area contributed by atoms with E-state index < -0.39 is 23.5 Å². The van der Waals surface area contributed by atoms with Crippen LogP contribution < -0.4 is 4.90 Å². The molecule has 13 heteroatoms. The highest BCUT2D eigenvalue weighted by Crippen LogP contribution is 2.38. The number of carbonyl (C=O) groups excluding carboxylic acids is 1. The van der Waals surface area contributed by atoms with Crippen molar-refractivity contribution in [2.24, 2.45) is 0 Å². The lowest BCUT2D eigenvalue weighted by Gasteiger charge is -2.23. The molecule has 0 bridgehead atoms. The van der Waals surface area contributed by atoms with E-state index in [0.29, 0.717) is 43.4 Å². The fourth-order valence-electron chi connectivity index (χ4n) is 6.93. The summed E-state index contributed by atoms with van der Waals surface area (Å²) in [4.78, 5) is 25.2. The number of aliphatic hydroxyl groups excluding tert-OH is 1. The maximum Gasteiger partial charge on any atom is 0.416 e. The third-order valence-electron chi connectivity index (χ3n) is 9.60. The van der Waals surface area contributed by atoms with Gasteiger partial charge in [0.25, 0.3) is 5.91 Å². The van der Waals surface area contributed by atoms with Gasteiger partial charge in [-0.05, 0) is 70.8 Å². The lowest BCUT2D eigenvalue weighted by atomic mass is 10.0. The van der Waals surface area contributed by atoms with Crippen LogP contribution in [0.25, 0.3) is 42.7 Å². The topological polar surface area (TPSA) is 66.3 Å². The molecule has 6 aromatic carbocycles. The molecule has 2 heterocycles. The Labute approximate surface area is 336 Å². The largest absolute Gasteiger partial charge is 0.416 e. The number of rotatable bonds is 10. The van der Waals surface area contributed by atoms with Gasteiger partial charge < -0.3 is 10.0 Å². The number of fused-ring (bicyclic) bond motifs is 2. The molecule has 2 aromatic heterocycles. The van der Waals surface area contributed by atoms with Gasteiger partial charge in [0.05, 0.1) is 48.2 Å². The Balaban J connectivity index is 1.07. The van der Waals surface area contributed by atoms with Gasteiger partial charge in [-0.3, -0.25) is 4.79 Å². The number of aromatic nitrogens is 2. The van der Waals surface area contributed by atoms with Gasteiger partial charge in [-0.1, -0.05) is 84.9 Å². The van der Waals surface area contributed by atoms with E-state index >= 15 is 0 Å². The van der Waals surface area contributed by atoms with Gasteiger partial charge in [0.15, 0.2) is 0 Å². The third kappa shape index (κ3) is 8.24. The standard InChI is InChI=1S/C45H31F6N3O2S2/c46-44(47,48)32-12-1-7-27(21-32)23-39-52-37-17-5-15-35(41(37)57-39)29-9-3-11-31(25-29)43(56)54(19-20-55)34-14-4-10-30(26-34)36-16-6-18-38-42(36)58-40(53-38)24-28-8-2-13-33(22-28)45(49,50)51/h1-18,21-22,25-26,55H,19-20,23-24H2. The molecule has 0 unspecified atom stereocenters. The summed E-state index contributed by atoms with van der Waals surface area (Å²) in [7, 11) is 0. The van der Waals surface area contributed by atoms with Gasteiger partial charge in [0.2, 0.25) is 0 Å². The van der Waals surface area contributed by atoms with Crippen LogP contribution in [0.3, 0.4) is 0 Å². The van der Waals surface area contributed by atoms with Gasteiger partial charge >= 0.3 is 12.4 Å². The van der Waals surface area contributed by atoms with Gasteiger partial charge in [0, 0.05) is 41.8 Å². The molecular formula is C45H31F6N3O2S2. The summed E-state index contributed by atoms with van der Waals surface area (Å²) in [6.07, 6.45) is -8.42. The highest BCUT2D eigenvalue weighted by Gasteiger charge is 2.31. The summed E-state index contributed by atoms with van der Waals surface area (Å²) in [5, 5.41) is 11.4. The number of anilines is 1. The van der Waals surface area contributed by atoms with Crippen molar-refractivity contribution < 1.29 is 36.2 Å². The predicted molar refractivity (Wildman–Crippen MR) is 217 cm³/mol. The molecular weight excluding hydrogens is 793 g/mol. The van der Waals surface area contributed by atoms with E-state index in [1.165, 1.54) is 39.7 Å². The SMILES string of the molecule is O=C(c1cccc(-c2cccc3nc(Cc4cccc(C(F)(F)F)c4)sc23)c1)N(CCO)c1cccc(-c2cccc3nc(Cc4cccc(C(F)(F)F)c4)sc23)c1. The molecule has 0 aliphatic carbocycles. The number of carbonyl (C=O) groups is 1. The minimum Gasteiger partial charge on any atom is -0.395 e. The van der Waals surface area contributed by atoms with E-state index in [1.54, 1.807) is 36.4 Å². The average Bonchev–Trinajstić information content (AvgIpc) is 3.82. The highest BCUT2D eigenvalue weighted by molar-refractivity contribution is 7.19. The summed E-state index contributed by atoms with van der Waals surface area (Å²) in [6, 6.07) is 36.2. The first-order chi connectivity index (χ1) is 27.8. The highest BCUT2D eigenvalue weighted by atomic mass is 32.1. The van der Waals surface area contributed by atoms with E-state index in [0.717, 1.165) is 55.9 Å². The van der Waals surface area contributed by atoms with Crippen LogP contribution in [0.4, 0.5) is 32.0 Å². The second-order valence-corrected chi connectivity index (χ2v) is 15.8. The minimum atomic E-state index is -4.45. The Morgan fingerprint density at radius 3 is 1.59 bits per heavy atom. The summed E-state index contributed by atoms with van der Waals surface area (Å²) >= 11 is 2.79. The van der Waals surface area contributed by atoms with Gasteiger partial charge in [-0.2, -0.15) is 26.3 Å². The van der Waals surface area contributed by atoms with Crippen molar-refractivity contribution in [1.29, 1.82) is 0 Å². The van der Waals surface area contributed by atoms with E-state index in [2.05, 4.69) is 0 Å². The number of amides is 1. The lowest BCUT2D eigenvalue weighted by molar-refractivity contribution is -0.138. The van der Waals surface area contributed by atoms with Gasteiger partial charge in [-0.25, -0.2) is 9.97 Å². The molecule has 0 spiro atoms. The number of hydrogen-bond donors (Lipinski definition) is 1. The molecule has 5 nitrogen and oxygen atoms in total. The summed E-state index contributed by atoms with van der Waals surface area (Å²) in [6.45, 7) is -0.282. The van der Waals surface area contributed by atoms with Gasteiger partial charge in [0.1, 0.15) is 0 Å². The summed E-state index contributed by atoms with van der Waals surface area (Å²) in [5.74, 6) is -0.339. The zero-order valence-corrected chi connectivity index (χ0v) is 31.9. The van der Waals surface area contributed by atoms with Crippen molar-refractivity contribution in [3.63, 3.8) is 0 Å². The molecule has 0 fully saturated rings. The number of benzene rings is 6. The molecule has 0 atom stereocenters. The number of thiazole rings is 2. The second kappa shape index (κ2) is 15.8. The molecule has 0 saturated heterocycles. The fraction of sp³-hybridized carbons (Fsp3) is 0.133. The van der Waals surface area contributed by atoms with Crippen molar-refractivity contribution in [2.75, 3.05) is 18.1 Å². The van der Waals surface area contributed by atoms with Crippen molar-refractivity contribution in [2.45, 2.75) is 25.2 Å². The fourth-order valence-corrected chi connectivity index (χ4v) is 9.19. The molecule has 58 heavy (non-hydrogen) atoms. The smallest absolute Gasteiger partial charge is 0.395 e. The number of nitrogens with zero attached hydrogens (tertiary/aromatic N) is 3. The van der Waals surface area contributed by atoms with Gasteiger partial charge in [-0.15, -0.1) is 22.7 Å². The molecule has 0 aliphatic rings. The van der Waals surface area contributed by atoms with Crippen molar-refractivity contribution in [3.8, 4) is 22.3 Å². The zero-order valence-electron chi connectivity index (χ0n) is 30.3. The predicted octanol–water partition coefficient (Wildman–Crippen LogP) is 12.1. The number of alkyl halides is 6. The number of hydrogen-bond acceptors (Lipinski definition) is 6. The lowest BCUT2D eigenvalue weighted by Crippen LogP contribution is -2.33. The molecule has 0 radical (unpaired) electrons. The molecule has 8 rings (SSSR count). The number of halogens is 6. The minimum absolute atomic E-state index is 0.0156.